The van der Waals surface area contributed by atoms with Crippen molar-refractivity contribution in [2.24, 2.45) is 0 Å². The van der Waals surface area contributed by atoms with Crippen LogP contribution < -0.4 is 20.7 Å². The first-order valence-electron chi connectivity index (χ1n) is 6.74. The second kappa shape index (κ2) is 8.16. The molecule has 3 N–H and O–H groups in total. The van der Waals surface area contributed by atoms with Crippen molar-refractivity contribution in [3.63, 3.8) is 0 Å². The molecule has 0 aliphatic rings. The highest BCUT2D eigenvalue weighted by Crippen LogP contribution is 2.27. The monoisotopic (exact) mass is 315 g/mol. The van der Waals surface area contributed by atoms with Gasteiger partial charge in [0.25, 0.3) is 0 Å². The van der Waals surface area contributed by atoms with Gasteiger partial charge in [0.15, 0.2) is 0 Å². The zero-order chi connectivity index (χ0) is 16.7. The first kappa shape index (κ1) is 17.7. The van der Waals surface area contributed by atoms with E-state index in [1.807, 2.05) is 0 Å². The highest BCUT2D eigenvalue weighted by Gasteiger charge is 2.17. The smallest absolute Gasteiger partial charge is 0.387 e. The van der Waals surface area contributed by atoms with E-state index in [0.717, 1.165) is 0 Å². The number of nitrogens with one attached hydrogen (secondary N) is 3. The number of imide groups is 1. The fourth-order valence-corrected chi connectivity index (χ4v) is 1.72. The molecule has 0 heterocycles. The first-order chi connectivity index (χ1) is 10.3. The minimum Gasteiger partial charge on any atom is -0.434 e. The number of amides is 3. The predicted octanol–water partition coefficient (Wildman–Crippen LogP) is 2.24. The second-order valence-corrected chi connectivity index (χ2v) is 4.52. The molecule has 1 aromatic rings. The van der Waals surface area contributed by atoms with E-state index in [0.29, 0.717) is 17.8 Å². The maximum absolute atomic E-state index is 12.3. The van der Waals surface area contributed by atoms with Crippen LogP contribution in [0.5, 0.6) is 5.75 Å². The number of ether oxygens (including phenoxy) is 1. The molecule has 8 heteroatoms. The van der Waals surface area contributed by atoms with Crippen molar-refractivity contribution in [1.82, 2.24) is 10.6 Å². The summed E-state index contributed by atoms with van der Waals surface area (Å²) in [4.78, 5) is 23.1. The van der Waals surface area contributed by atoms with Crippen LogP contribution in [0.25, 0.3) is 0 Å². The van der Waals surface area contributed by atoms with Gasteiger partial charge in [0.2, 0.25) is 5.91 Å². The lowest BCUT2D eigenvalue weighted by atomic mass is 10.1. The van der Waals surface area contributed by atoms with Crippen molar-refractivity contribution in [2.75, 3.05) is 11.9 Å². The molecule has 0 bridgehead atoms. The number of carbonyl (C=O) groups excluding carboxylic acids is 2. The Morgan fingerprint density at radius 2 is 2.00 bits per heavy atom. The molecule has 0 aromatic heterocycles. The quantitative estimate of drug-likeness (QED) is 0.752. The largest absolute Gasteiger partial charge is 0.434 e. The Morgan fingerprint density at radius 3 is 2.59 bits per heavy atom. The van der Waals surface area contributed by atoms with Gasteiger partial charge in [0, 0.05) is 17.8 Å². The molecule has 122 valence electrons. The lowest BCUT2D eigenvalue weighted by Crippen LogP contribution is -2.45. The van der Waals surface area contributed by atoms with Crippen LogP contribution in [0.2, 0.25) is 0 Å². The third-order valence-corrected chi connectivity index (χ3v) is 2.84. The lowest BCUT2D eigenvalue weighted by Gasteiger charge is -2.18. The van der Waals surface area contributed by atoms with Gasteiger partial charge in [-0.1, -0.05) is 6.07 Å². The summed E-state index contributed by atoms with van der Waals surface area (Å²) in [5.41, 5.74) is 0.914. The number of urea groups is 1. The van der Waals surface area contributed by atoms with Crippen molar-refractivity contribution in [1.29, 1.82) is 0 Å². The molecule has 1 atom stereocenters. The fourth-order valence-electron chi connectivity index (χ4n) is 1.72. The van der Waals surface area contributed by atoms with Crippen LogP contribution >= 0.6 is 0 Å². The zero-order valence-corrected chi connectivity index (χ0v) is 12.6. The Bertz CT molecular complexity index is 538. The van der Waals surface area contributed by atoms with Gasteiger partial charge < -0.3 is 15.4 Å². The van der Waals surface area contributed by atoms with E-state index < -0.39 is 24.6 Å². The zero-order valence-electron chi connectivity index (χ0n) is 12.6. The van der Waals surface area contributed by atoms with Crippen LogP contribution in [-0.4, -0.2) is 31.1 Å². The third kappa shape index (κ3) is 5.19. The van der Waals surface area contributed by atoms with Crippen LogP contribution in [0.15, 0.2) is 18.2 Å². The first-order valence-corrected chi connectivity index (χ1v) is 6.74. The molecule has 3 amide bonds. The van der Waals surface area contributed by atoms with Crippen molar-refractivity contribution in [3.05, 3.63) is 23.8 Å². The molecule has 0 aliphatic heterocycles. The van der Waals surface area contributed by atoms with E-state index in [9.17, 15) is 18.4 Å². The van der Waals surface area contributed by atoms with Gasteiger partial charge in [-0.3, -0.25) is 10.1 Å². The van der Waals surface area contributed by atoms with Crippen LogP contribution in [0.3, 0.4) is 0 Å². The average molecular weight is 315 g/mol. The summed E-state index contributed by atoms with van der Waals surface area (Å²) in [6, 6.07) is 3.24. The minimum atomic E-state index is -2.92. The molecule has 0 aliphatic carbocycles. The maximum Gasteiger partial charge on any atom is 0.387 e. The Balaban J connectivity index is 2.73. The van der Waals surface area contributed by atoms with E-state index >= 15 is 0 Å². The van der Waals surface area contributed by atoms with Gasteiger partial charge in [-0.25, -0.2) is 4.79 Å². The topological polar surface area (TPSA) is 79.5 Å². The Morgan fingerprint density at radius 1 is 1.32 bits per heavy atom. The number of anilines is 1. The molecule has 0 radical (unpaired) electrons. The number of halogens is 2. The van der Waals surface area contributed by atoms with E-state index in [4.69, 9.17) is 0 Å². The predicted molar refractivity (Wildman–Crippen MR) is 78.1 cm³/mol. The highest BCUT2D eigenvalue weighted by atomic mass is 19.3. The molecular formula is C14H19F2N3O3. The van der Waals surface area contributed by atoms with Gasteiger partial charge >= 0.3 is 12.6 Å². The molecular weight excluding hydrogens is 296 g/mol. The molecule has 0 fully saturated rings. The fraction of sp³-hybridized carbons (Fsp3) is 0.429. The lowest BCUT2D eigenvalue weighted by molar-refractivity contribution is -0.120. The summed E-state index contributed by atoms with van der Waals surface area (Å²) in [6.07, 6.45) is 0. The Hall–Kier alpha value is -2.38. The number of hydrogen-bond acceptors (Lipinski definition) is 4. The standard InChI is InChI=1S/C14H19F2N3O3/c1-4-17-14(21)19-12(20)9(3)18-10-6-5-7-11(8(10)2)22-13(15)16/h5-7,9,13,18H,4H2,1-3H3,(H2,17,19,20,21). The van der Waals surface area contributed by atoms with Gasteiger partial charge in [0.1, 0.15) is 11.8 Å². The van der Waals surface area contributed by atoms with Gasteiger partial charge in [-0.2, -0.15) is 8.78 Å². The van der Waals surface area contributed by atoms with Gasteiger partial charge in [0.05, 0.1) is 0 Å². The van der Waals surface area contributed by atoms with E-state index in [2.05, 4.69) is 20.7 Å². The second-order valence-electron chi connectivity index (χ2n) is 4.52. The molecule has 1 aromatic carbocycles. The van der Waals surface area contributed by atoms with E-state index in [-0.39, 0.29) is 5.75 Å². The summed E-state index contributed by atoms with van der Waals surface area (Å²) >= 11 is 0. The number of alkyl halides is 2. The minimum absolute atomic E-state index is 0.0244. The number of carbonyl (C=O) groups is 2. The molecule has 22 heavy (non-hydrogen) atoms. The van der Waals surface area contributed by atoms with Crippen molar-refractivity contribution >= 4 is 17.6 Å². The van der Waals surface area contributed by atoms with Crippen LogP contribution in [0, 0.1) is 6.92 Å². The van der Waals surface area contributed by atoms with Crippen LogP contribution in [0.4, 0.5) is 19.3 Å². The van der Waals surface area contributed by atoms with E-state index in [1.54, 1.807) is 26.8 Å². The highest BCUT2D eigenvalue weighted by molar-refractivity contribution is 5.98. The molecule has 0 spiro atoms. The molecule has 0 saturated carbocycles. The third-order valence-electron chi connectivity index (χ3n) is 2.84. The van der Waals surface area contributed by atoms with Gasteiger partial charge in [-0.15, -0.1) is 0 Å². The molecule has 6 nitrogen and oxygen atoms in total. The molecule has 1 rings (SSSR count). The molecule has 0 saturated heterocycles. The summed E-state index contributed by atoms with van der Waals surface area (Å²) in [6.45, 7) is 2.34. The van der Waals surface area contributed by atoms with Crippen molar-refractivity contribution in [2.45, 2.75) is 33.4 Å². The summed E-state index contributed by atoms with van der Waals surface area (Å²) in [5, 5.41) is 7.45. The summed E-state index contributed by atoms with van der Waals surface area (Å²) < 4.78 is 29.0. The number of rotatable bonds is 6. The van der Waals surface area contributed by atoms with Crippen LogP contribution in [-0.2, 0) is 4.79 Å². The van der Waals surface area contributed by atoms with Gasteiger partial charge in [-0.05, 0) is 32.9 Å². The number of benzene rings is 1. The van der Waals surface area contributed by atoms with Crippen molar-refractivity contribution < 1.29 is 23.1 Å². The normalized spacial score (nSPS) is 11.7. The average Bonchev–Trinajstić information content (AvgIpc) is 2.42. The van der Waals surface area contributed by atoms with Crippen LogP contribution in [0.1, 0.15) is 19.4 Å². The van der Waals surface area contributed by atoms with E-state index in [1.165, 1.54) is 12.1 Å². The van der Waals surface area contributed by atoms with Crippen molar-refractivity contribution in [3.8, 4) is 5.75 Å². The summed E-state index contributed by atoms with van der Waals surface area (Å²) in [7, 11) is 0. The Kier molecular flexibility index (Phi) is 6.55. The molecule has 1 unspecified atom stereocenters. The summed E-state index contributed by atoms with van der Waals surface area (Å²) in [5.74, 6) is -0.512. The Labute approximate surface area is 127 Å². The maximum atomic E-state index is 12.3. The SMILES string of the molecule is CCNC(=O)NC(=O)C(C)Nc1cccc(OC(F)F)c1C. The number of hydrogen-bond donors (Lipinski definition) is 3.